The molecule has 0 spiro atoms. The second kappa shape index (κ2) is 6.38. The molecule has 0 aromatic heterocycles. The predicted octanol–water partition coefficient (Wildman–Crippen LogP) is 4.98. The third-order valence-corrected chi connectivity index (χ3v) is 3.54. The maximum Gasteiger partial charge on any atom is 0.146 e. The lowest BCUT2D eigenvalue weighted by atomic mass is 10.1. The summed E-state index contributed by atoms with van der Waals surface area (Å²) in [6.07, 6.45) is 0. The zero-order valence-electron chi connectivity index (χ0n) is 10.5. The summed E-state index contributed by atoms with van der Waals surface area (Å²) in [5.41, 5.74) is 1.67. The van der Waals surface area contributed by atoms with Crippen LogP contribution in [0.2, 0.25) is 10.0 Å². The second-order valence-corrected chi connectivity index (χ2v) is 5.21. The van der Waals surface area contributed by atoms with Gasteiger partial charge in [0.25, 0.3) is 0 Å². The molecule has 2 aromatic carbocycles. The first-order valence-corrected chi connectivity index (χ1v) is 6.75. The van der Waals surface area contributed by atoms with Gasteiger partial charge in [-0.3, -0.25) is 0 Å². The van der Waals surface area contributed by atoms with Crippen molar-refractivity contribution in [1.29, 1.82) is 0 Å². The summed E-state index contributed by atoms with van der Waals surface area (Å²) in [4.78, 5) is 0. The minimum atomic E-state index is -0.361. The van der Waals surface area contributed by atoms with Crippen LogP contribution in [0.3, 0.4) is 0 Å². The van der Waals surface area contributed by atoms with Gasteiger partial charge in [-0.1, -0.05) is 47.5 Å². The van der Waals surface area contributed by atoms with Gasteiger partial charge in [-0.15, -0.1) is 0 Å². The Bertz CT molecular complexity index is 555. The Hall–Kier alpha value is -1.09. The number of benzene rings is 2. The fourth-order valence-corrected chi connectivity index (χ4v) is 2.14. The van der Waals surface area contributed by atoms with Crippen LogP contribution in [0.5, 0.6) is 0 Å². The molecule has 0 aliphatic carbocycles. The molecule has 0 bridgehead atoms. The van der Waals surface area contributed by atoms with E-state index >= 15 is 0 Å². The fraction of sp³-hybridized carbons (Fsp3) is 0.200. The minimum Gasteiger partial charge on any atom is -0.306 e. The summed E-state index contributed by atoms with van der Waals surface area (Å²) >= 11 is 11.6. The lowest BCUT2D eigenvalue weighted by molar-refractivity contribution is 0.544. The van der Waals surface area contributed by atoms with Crippen LogP contribution < -0.4 is 5.32 Å². The zero-order valence-corrected chi connectivity index (χ0v) is 12.0. The molecule has 4 heteroatoms. The van der Waals surface area contributed by atoms with Gasteiger partial charge in [-0.2, -0.15) is 0 Å². The Morgan fingerprint density at radius 1 is 1.11 bits per heavy atom. The van der Waals surface area contributed by atoms with Gasteiger partial charge in [-0.05, 0) is 30.7 Å². The van der Waals surface area contributed by atoms with E-state index < -0.39 is 0 Å². The van der Waals surface area contributed by atoms with Gasteiger partial charge in [0.1, 0.15) is 5.82 Å². The van der Waals surface area contributed by atoms with E-state index in [0.717, 1.165) is 5.56 Å². The molecule has 1 nitrogen and oxygen atoms in total. The van der Waals surface area contributed by atoms with Crippen molar-refractivity contribution in [2.75, 3.05) is 0 Å². The molecule has 0 unspecified atom stereocenters. The molecule has 1 N–H and O–H groups in total. The Morgan fingerprint density at radius 3 is 2.47 bits per heavy atom. The van der Waals surface area contributed by atoms with E-state index in [1.54, 1.807) is 18.2 Å². The molecule has 0 aliphatic rings. The highest BCUT2D eigenvalue weighted by atomic mass is 35.5. The Kier molecular flexibility index (Phi) is 4.81. The van der Waals surface area contributed by atoms with Gasteiger partial charge in [0, 0.05) is 23.2 Å². The molecular formula is C15H14Cl2FN. The molecule has 2 aromatic rings. The van der Waals surface area contributed by atoms with Crippen molar-refractivity contribution in [1.82, 2.24) is 5.32 Å². The first kappa shape index (κ1) is 14.3. The number of hydrogen-bond acceptors (Lipinski definition) is 1. The Balaban J connectivity index is 2.02. The van der Waals surface area contributed by atoms with Crippen molar-refractivity contribution >= 4 is 23.2 Å². The number of halogens is 3. The highest BCUT2D eigenvalue weighted by molar-refractivity contribution is 6.31. The average Bonchev–Trinajstić information content (AvgIpc) is 2.41. The van der Waals surface area contributed by atoms with E-state index in [-0.39, 0.29) is 16.9 Å². The molecule has 2 rings (SSSR count). The monoisotopic (exact) mass is 297 g/mol. The lowest BCUT2D eigenvalue weighted by Gasteiger charge is -2.15. The maximum absolute atomic E-state index is 13.7. The van der Waals surface area contributed by atoms with Crippen LogP contribution in [0.4, 0.5) is 4.39 Å². The Morgan fingerprint density at radius 2 is 1.79 bits per heavy atom. The smallest absolute Gasteiger partial charge is 0.146 e. The number of hydrogen-bond donors (Lipinski definition) is 1. The van der Waals surface area contributed by atoms with Crippen molar-refractivity contribution in [2.45, 2.75) is 19.5 Å². The zero-order chi connectivity index (χ0) is 13.8. The normalized spacial score (nSPS) is 12.4. The summed E-state index contributed by atoms with van der Waals surface area (Å²) in [6, 6.07) is 12.7. The van der Waals surface area contributed by atoms with Crippen molar-refractivity contribution in [2.24, 2.45) is 0 Å². The van der Waals surface area contributed by atoms with Crippen molar-refractivity contribution in [3.05, 3.63) is 69.5 Å². The molecule has 0 aliphatic heterocycles. The van der Waals surface area contributed by atoms with Crippen LogP contribution in [0, 0.1) is 5.82 Å². The van der Waals surface area contributed by atoms with E-state index in [9.17, 15) is 4.39 Å². The molecular weight excluding hydrogens is 284 g/mol. The largest absolute Gasteiger partial charge is 0.306 e. The molecule has 0 amide bonds. The number of rotatable bonds is 4. The third-order valence-electron chi connectivity index (χ3n) is 3.00. The molecule has 19 heavy (non-hydrogen) atoms. The minimum absolute atomic E-state index is 0.107. The highest BCUT2D eigenvalue weighted by Gasteiger charge is 2.09. The van der Waals surface area contributed by atoms with E-state index in [0.29, 0.717) is 17.1 Å². The van der Waals surface area contributed by atoms with Crippen molar-refractivity contribution in [3.8, 4) is 0 Å². The van der Waals surface area contributed by atoms with E-state index in [2.05, 4.69) is 5.32 Å². The molecule has 0 heterocycles. The third kappa shape index (κ3) is 3.69. The molecule has 0 fully saturated rings. The molecule has 0 radical (unpaired) electrons. The van der Waals surface area contributed by atoms with Gasteiger partial charge in [0.2, 0.25) is 0 Å². The highest BCUT2D eigenvalue weighted by Crippen LogP contribution is 2.20. The second-order valence-electron chi connectivity index (χ2n) is 4.37. The van der Waals surface area contributed by atoms with E-state index in [1.807, 2.05) is 31.2 Å². The Labute approximate surface area is 122 Å². The summed E-state index contributed by atoms with van der Waals surface area (Å²) in [7, 11) is 0. The summed E-state index contributed by atoms with van der Waals surface area (Å²) < 4.78 is 13.7. The van der Waals surface area contributed by atoms with E-state index in [4.69, 9.17) is 23.2 Å². The van der Waals surface area contributed by atoms with Crippen LogP contribution >= 0.6 is 23.2 Å². The average molecular weight is 298 g/mol. The van der Waals surface area contributed by atoms with E-state index in [1.165, 1.54) is 0 Å². The van der Waals surface area contributed by atoms with Gasteiger partial charge < -0.3 is 5.32 Å². The molecule has 100 valence electrons. The molecule has 0 saturated carbocycles. The summed E-state index contributed by atoms with van der Waals surface area (Å²) in [6.45, 7) is 2.45. The van der Waals surface area contributed by atoms with Crippen LogP contribution in [0.15, 0.2) is 42.5 Å². The molecule has 1 atom stereocenters. The van der Waals surface area contributed by atoms with Gasteiger partial charge >= 0.3 is 0 Å². The SMILES string of the molecule is C[C@H](NCc1cccc(Cl)c1F)c1ccc(Cl)cc1. The molecule has 0 saturated heterocycles. The van der Waals surface area contributed by atoms with Gasteiger partial charge in [-0.25, -0.2) is 4.39 Å². The van der Waals surface area contributed by atoms with Gasteiger partial charge in [0.05, 0.1) is 5.02 Å². The van der Waals surface area contributed by atoms with Crippen LogP contribution in [-0.4, -0.2) is 0 Å². The topological polar surface area (TPSA) is 12.0 Å². The van der Waals surface area contributed by atoms with Crippen molar-refractivity contribution in [3.63, 3.8) is 0 Å². The van der Waals surface area contributed by atoms with Crippen LogP contribution in [0.1, 0.15) is 24.1 Å². The number of nitrogens with one attached hydrogen (secondary N) is 1. The van der Waals surface area contributed by atoms with Crippen LogP contribution in [0.25, 0.3) is 0 Å². The maximum atomic E-state index is 13.7. The first-order chi connectivity index (χ1) is 9.08. The first-order valence-electron chi connectivity index (χ1n) is 5.99. The standard InChI is InChI=1S/C15H14Cl2FN/c1-10(11-5-7-13(16)8-6-11)19-9-12-3-2-4-14(17)15(12)18/h2-8,10,19H,9H2,1H3/t10-/m0/s1. The van der Waals surface area contributed by atoms with Crippen LogP contribution in [-0.2, 0) is 6.54 Å². The fourth-order valence-electron chi connectivity index (χ4n) is 1.82. The predicted molar refractivity (Wildman–Crippen MR) is 78.1 cm³/mol. The lowest BCUT2D eigenvalue weighted by Crippen LogP contribution is -2.18. The van der Waals surface area contributed by atoms with Gasteiger partial charge in [0.15, 0.2) is 0 Å². The summed E-state index contributed by atoms with van der Waals surface area (Å²) in [5.74, 6) is -0.361. The quantitative estimate of drug-likeness (QED) is 0.839. The van der Waals surface area contributed by atoms with Crippen molar-refractivity contribution < 1.29 is 4.39 Å². The summed E-state index contributed by atoms with van der Waals surface area (Å²) in [5, 5.41) is 4.12.